The lowest BCUT2D eigenvalue weighted by molar-refractivity contribution is 0.146. The Morgan fingerprint density at radius 3 is 2.74 bits per heavy atom. The highest BCUT2D eigenvalue weighted by molar-refractivity contribution is 14.0. The fraction of sp³-hybridized carbons (Fsp3) is 0.389. The van der Waals surface area contributed by atoms with Crippen molar-refractivity contribution in [3.63, 3.8) is 0 Å². The van der Waals surface area contributed by atoms with Gasteiger partial charge in [-0.2, -0.15) is 0 Å². The molecule has 0 aliphatic rings. The first kappa shape index (κ1) is 19.7. The summed E-state index contributed by atoms with van der Waals surface area (Å²) < 4.78 is 5.26. The van der Waals surface area contributed by atoms with Crippen molar-refractivity contribution in [1.82, 2.24) is 5.32 Å². The van der Waals surface area contributed by atoms with Gasteiger partial charge in [0.05, 0.1) is 0 Å². The van der Waals surface area contributed by atoms with Crippen molar-refractivity contribution in [1.29, 1.82) is 0 Å². The molecule has 0 unspecified atom stereocenters. The molecule has 0 bridgehead atoms. The van der Waals surface area contributed by atoms with Crippen LogP contribution in [0.2, 0.25) is 0 Å². The summed E-state index contributed by atoms with van der Waals surface area (Å²) in [6, 6.07) is 15.0. The second-order valence-electron chi connectivity index (χ2n) is 5.18. The monoisotopic (exact) mass is 427 g/mol. The number of nitrogens with one attached hydrogen (secondary N) is 1. The summed E-state index contributed by atoms with van der Waals surface area (Å²) in [5, 5.41) is 5.71. The van der Waals surface area contributed by atoms with Gasteiger partial charge in [-0.3, -0.25) is 4.99 Å². The maximum Gasteiger partial charge on any atom is 0.188 e. The Morgan fingerprint density at radius 2 is 1.96 bits per heavy atom. The molecule has 2 aromatic carbocycles. The molecule has 0 saturated heterocycles. The number of nitrogens with two attached hydrogens (primary N) is 1. The number of aliphatic imine (C=N–C) groups is 1. The van der Waals surface area contributed by atoms with E-state index in [1.807, 2.05) is 6.92 Å². The standard InChI is InChI=1S/C18H25N3O.HI/c1-2-22-13-5-11-20-18(19)21-12-10-15-8-9-16-6-3-4-7-17(16)14-15;/h3-4,6-9,14H,2,5,10-13H2,1H3,(H3,19,20,21);1H. The summed E-state index contributed by atoms with van der Waals surface area (Å²) in [6.07, 6.45) is 1.83. The van der Waals surface area contributed by atoms with Gasteiger partial charge >= 0.3 is 0 Å². The van der Waals surface area contributed by atoms with E-state index >= 15 is 0 Å². The lowest BCUT2D eigenvalue weighted by atomic mass is 10.1. The Labute approximate surface area is 155 Å². The second-order valence-corrected chi connectivity index (χ2v) is 5.18. The molecular formula is C18H26IN3O. The molecule has 0 amide bonds. The van der Waals surface area contributed by atoms with E-state index in [0.29, 0.717) is 12.5 Å². The third-order valence-corrected chi connectivity index (χ3v) is 3.47. The van der Waals surface area contributed by atoms with Gasteiger partial charge in [-0.1, -0.05) is 42.5 Å². The summed E-state index contributed by atoms with van der Waals surface area (Å²) in [4.78, 5) is 4.28. The van der Waals surface area contributed by atoms with Crippen LogP contribution in [0.25, 0.3) is 10.8 Å². The number of halogens is 1. The van der Waals surface area contributed by atoms with Gasteiger partial charge in [-0.25, -0.2) is 0 Å². The van der Waals surface area contributed by atoms with E-state index in [2.05, 4.69) is 52.8 Å². The maximum atomic E-state index is 5.84. The van der Waals surface area contributed by atoms with E-state index in [1.54, 1.807) is 0 Å². The third kappa shape index (κ3) is 7.18. The average molecular weight is 427 g/mol. The summed E-state index contributed by atoms with van der Waals surface area (Å²) >= 11 is 0. The van der Waals surface area contributed by atoms with Crippen molar-refractivity contribution in [2.75, 3.05) is 26.3 Å². The zero-order valence-corrected chi connectivity index (χ0v) is 16.0. The second kappa shape index (κ2) is 11.2. The van der Waals surface area contributed by atoms with Crippen LogP contribution in [0.15, 0.2) is 47.5 Å². The predicted octanol–water partition coefficient (Wildman–Crippen LogP) is 3.33. The SMILES string of the molecule is CCOCCCN=C(N)NCCc1ccc2ccccc2c1.I. The first-order chi connectivity index (χ1) is 10.8. The Morgan fingerprint density at radius 1 is 1.17 bits per heavy atom. The number of guanidine groups is 1. The zero-order valence-electron chi connectivity index (χ0n) is 13.6. The Balaban J connectivity index is 0.00000264. The topological polar surface area (TPSA) is 59.6 Å². The fourth-order valence-corrected chi connectivity index (χ4v) is 2.30. The van der Waals surface area contributed by atoms with E-state index in [4.69, 9.17) is 10.5 Å². The van der Waals surface area contributed by atoms with Crippen molar-refractivity contribution < 1.29 is 4.74 Å². The molecule has 23 heavy (non-hydrogen) atoms. The van der Waals surface area contributed by atoms with Crippen LogP contribution in [0.4, 0.5) is 0 Å². The van der Waals surface area contributed by atoms with Gasteiger partial charge in [0.2, 0.25) is 0 Å². The molecule has 0 saturated carbocycles. The molecule has 0 fully saturated rings. The van der Waals surface area contributed by atoms with Crippen LogP contribution in [0.5, 0.6) is 0 Å². The molecule has 0 radical (unpaired) electrons. The van der Waals surface area contributed by atoms with Crippen LogP contribution in [0, 0.1) is 0 Å². The molecule has 0 aliphatic carbocycles. The summed E-state index contributed by atoms with van der Waals surface area (Å²) in [7, 11) is 0. The molecule has 0 aliphatic heterocycles. The van der Waals surface area contributed by atoms with Crippen LogP contribution >= 0.6 is 24.0 Å². The highest BCUT2D eigenvalue weighted by Crippen LogP contribution is 2.15. The summed E-state index contributed by atoms with van der Waals surface area (Å²) in [5.74, 6) is 0.511. The molecule has 4 nitrogen and oxygen atoms in total. The maximum absolute atomic E-state index is 5.84. The zero-order chi connectivity index (χ0) is 15.6. The van der Waals surface area contributed by atoms with Crippen molar-refractivity contribution >= 4 is 40.7 Å². The first-order valence-electron chi connectivity index (χ1n) is 7.89. The minimum atomic E-state index is 0. The molecule has 0 heterocycles. The smallest absolute Gasteiger partial charge is 0.188 e. The van der Waals surface area contributed by atoms with Crippen molar-refractivity contribution in [3.8, 4) is 0 Å². The number of hydrogen-bond donors (Lipinski definition) is 2. The van der Waals surface area contributed by atoms with Gasteiger partial charge in [0, 0.05) is 26.3 Å². The number of benzene rings is 2. The number of fused-ring (bicyclic) bond motifs is 1. The lowest BCUT2D eigenvalue weighted by Gasteiger charge is -2.07. The molecule has 3 N–H and O–H groups in total. The molecule has 0 aromatic heterocycles. The quantitative estimate of drug-likeness (QED) is 0.294. The normalized spacial score (nSPS) is 11.3. The van der Waals surface area contributed by atoms with Crippen molar-refractivity contribution in [2.45, 2.75) is 19.8 Å². The molecule has 0 spiro atoms. The first-order valence-corrected chi connectivity index (χ1v) is 7.89. The van der Waals surface area contributed by atoms with E-state index in [0.717, 1.165) is 32.6 Å². The van der Waals surface area contributed by atoms with E-state index in [-0.39, 0.29) is 24.0 Å². The molecule has 2 rings (SSSR count). The minimum absolute atomic E-state index is 0. The Kier molecular flexibility index (Phi) is 9.63. The highest BCUT2D eigenvalue weighted by atomic mass is 127. The van der Waals surface area contributed by atoms with E-state index in [9.17, 15) is 0 Å². The van der Waals surface area contributed by atoms with Crippen LogP contribution in [-0.2, 0) is 11.2 Å². The average Bonchev–Trinajstić information content (AvgIpc) is 2.54. The Bertz CT molecular complexity index is 616. The number of ether oxygens (including phenoxy) is 1. The van der Waals surface area contributed by atoms with Crippen LogP contribution in [0.1, 0.15) is 18.9 Å². The molecule has 126 valence electrons. The molecule has 5 heteroatoms. The van der Waals surface area contributed by atoms with Gasteiger partial charge in [0.1, 0.15) is 0 Å². The lowest BCUT2D eigenvalue weighted by Crippen LogP contribution is -2.33. The summed E-state index contributed by atoms with van der Waals surface area (Å²) in [6.45, 7) is 4.98. The largest absolute Gasteiger partial charge is 0.382 e. The van der Waals surface area contributed by atoms with Gasteiger partial charge in [-0.05, 0) is 36.1 Å². The van der Waals surface area contributed by atoms with Gasteiger partial charge in [0.25, 0.3) is 0 Å². The van der Waals surface area contributed by atoms with Gasteiger partial charge in [0.15, 0.2) is 5.96 Å². The predicted molar refractivity (Wildman–Crippen MR) is 109 cm³/mol. The third-order valence-electron chi connectivity index (χ3n) is 3.47. The summed E-state index contributed by atoms with van der Waals surface area (Å²) in [5.41, 5.74) is 7.14. The number of rotatable bonds is 8. The highest BCUT2D eigenvalue weighted by Gasteiger charge is 1.97. The Hall–Kier alpha value is -1.34. The van der Waals surface area contributed by atoms with Crippen molar-refractivity contribution in [2.24, 2.45) is 10.7 Å². The van der Waals surface area contributed by atoms with Crippen LogP contribution in [0.3, 0.4) is 0 Å². The van der Waals surface area contributed by atoms with E-state index < -0.39 is 0 Å². The molecule has 2 aromatic rings. The fourth-order valence-electron chi connectivity index (χ4n) is 2.30. The van der Waals surface area contributed by atoms with Crippen molar-refractivity contribution in [3.05, 3.63) is 48.0 Å². The van der Waals surface area contributed by atoms with Gasteiger partial charge in [-0.15, -0.1) is 24.0 Å². The molecule has 0 atom stereocenters. The molecular weight excluding hydrogens is 401 g/mol. The number of hydrogen-bond acceptors (Lipinski definition) is 2. The van der Waals surface area contributed by atoms with Crippen LogP contribution < -0.4 is 11.1 Å². The van der Waals surface area contributed by atoms with Crippen LogP contribution in [-0.4, -0.2) is 32.3 Å². The van der Waals surface area contributed by atoms with Gasteiger partial charge < -0.3 is 15.8 Å². The minimum Gasteiger partial charge on any atom is -0.382 e. The number of nitrogens with zero attached hydrogens (tertiary/aromatic N) is 1. The van der Waals surface area contributed by atoms with E-state index in [1.165, 1.54) is 16.3 Å².